The second kappa shape index (κ2) is 8.50. The van der Waals surface area contributed by atoms with Gasteiger partial charge in [-0.1, -0.05) is 39.5 Å². The van der Waals surface area contributed by atoms with Crippen LogP contribution in [-0.4, -0.2) is 36.5 Å². The summed E-state index contributed by atoms with van der Waals surface area (Å²) in [7, 11) is 0. The largest absolute Gasteiger partial charge is 0.394 e. The van der Waals surface area contributed by atoms with E-state index in [2.05, 4.69) is 19.2 Å². The van der Waals surface area contributed by atoms with E-state index in [1.165, 1.54) is 44.9 Å². The Morgan fingerprint density at radius 2 is 1.95 bits per heavy atom. The van der Waals surface area contributed by atoms with Gasteiger partial charge in [0.25, 0.3) is 0 Å². The fourth-order valence-electron chi connectivity index (χ4n) is 4.64. The zero-order valence-corrected chi connectivity index (χ0v) is 14.1. The van der Waals surface area contributed by atoms with Crippen LogP contribution >= 0.6 is 0 Å². The molecule has 0 saturated heterocycles. The number of likely N-dealkylation sites (N-methyl/N-ethyl adjacent to an activating group) is 1. The predicted molar refractivity (Wildman–Crippen MR) is 87.4 cm³/mol. The summed E-state index contributed by atoms with van der Waals surface area (Å²) < 4.78 is 6.25. The Morgan fingerprint density at radius 1 is 1.14 bits per heavy atom. The van der Waals surface area contributed by atoms with E-state index in [1.807, 2.05) is 0 Å². The molecule has 2 fully saturated rings. The van der Waals surface area contributed by atoms with Gasteiger partial charge in [-0.05, 0) is 50.5 Å². The summed E-state index contributed by atoms with van der Waals surface area (Å²) in [6.45, 7) is 6.52. The van der Waals surface area contributed by atoms with Gasteiger partial charge in [0, 0.05) is 12.1 Å². The molecule has 4 unspecified atom stereocenters. The van der Waals surface area contributed by atoms with Crippen LogP contribution in [0.2, 0.25) is 0 Å². The van der Waals surface area contributed by atoms with Crippen LogP contribution in [0.1, 0.15) is 71.6 Å². The van der Waals surface area contributed by atoms with Crippen molar-refractivity contribution in [3.8, 4) is 0 Å². The number of aliphatic hydroxyl groups is 1. The maximum atomic E-state index is 9.84. The number of rotatable bonds is 8. The van der Waals surface area contributed by atoms with Gasteiger partial charge >= 0.3 is 0 Å². The molecule has 2 aliphatic rings. The van der Waals surface area contributed by atoms with Gasteiger partial charge in [-0.2, -0.15) is 0 Å². The van der Waals surface area contributed by atoms with Crippen LogP contribution in [0.3, 0.4) is 0 Å². The topological polar surface area (TPSA) is 41.5 Å². The first-order valence-corrected chi connectivity index (χ1v) is 9.23. The molecule has 0 spiro atoms. The van der Waals surface area contributed by atoms with E-state index in [9.17, 15) is 5.11 Å². The van der Waals surface area contributed by atoms with Crippen LogP contribution in [0.25, 0.3) is 0 Å². The number of nitrogens with one attached hydrogen (secondary N) is 1. The molecule has 0 aliphatic heterocycles. The molecule has 0 heterocycles. The monoisotopic (exact) mass is 297 g/mol. The highest BCUT2D eigenvalue weighted by atomic mass is 16.5. The molecule has 0 amide bonds. The molecular formula is C18H35NO2. The smallest absolute Gasteiger partial charge is 0.0616 e. The lowest BCUT2D eigenvalue weighted by Gasteiger charge is -2.36. The average Bonchev–Trinajstić information content (AvgIpc) is 2.91. The van der Waals surface area contributed by atoms with Crippen molar-refractivity contribution >= 4 is 0 Å². The molecule has 2 rings (SSSR count). The molecular weight excluding hydrogens is 262 g/mol. The molecule has 3 heteroatoms. The lowest BCUT2D eigenvalue weighted by Crippen LogP contribution is -2.51. The van der Waals surface area contributed by atoms with Gasteiger partial charge in [0.1, 0.15) is 0 Å². The van der Waals surface area contributed by atoms with Gasteiger partial charge in [0.05, 0.1) is 12.7 Å². The highest BCUT2D eigenvalue weighted by Crippen LogP contribution is 2.38. The van der Waals surface area contributed by atoms with Gasteiger partial charge in [0.2, 0.25) is 0 Å². The summed E-state index contributed by atoms with van der Waals surface area (Å²) >= 11 is 0. The highest BCUT2D eigenvalue weighted by Gasteiger charge is 2.41. The molecule has 2 saturated carbocycles. The van der Waals surface area contributed by atoms with Gasteiger partial charge in [-0.25, -0.2) is 0 Å². The Hall–Kier alpha value is -0.120. The predicted octanol–water partition coefficient (Wildman–Crippen LogP) is 3.50. The van der Waals surface area contributed by atoms with Crippen LogP contribution in [0.5, 0.6) is 0 Å². The molecule has 3 nitrogen and oxygen atoms in total. The standard InChI is InChI=1S/C18H35NO2/c1-3-15-8-5-6-10-17(15)21-13-11-16-9-7-12-18(16,14-20)19-4-2/h15-17,19-20H,3-14H2,1-2H3. The molecule has 2 N–H and O–H groups in total. The Labute approximate surface area is 130 Å². The maximum absolute atomic E-state index is 9.84. The van der Waals surface area contributed by atoms with Crippen molar-refractivity contribution in [2.45, 2.75) is 83.3 Å². The summed E-state index contributed by atoms with van der Waals surface area (Å²) in [6.07, 6.45) is 11.8. The van der Waals surface area contributed by atoms with E-state index < -0.39 is 0 Å². The quantitative estimate of drug-likeness (QED) is 0.720. The van der Waals surface area contributed by atoms with Gasteiger partial charge in [-0.15, -0.1) is 0 Å². The number of hydrogen-bond donors (Lipinski definition) is 2. The van der Waals surface area contributed by atoms with E-state index in [-0.39, 0.29) is 12.1 Å². The van der Waals surface area contributed by atoms with Crippen molar-refractivity contribution in [2.24, 2.45) is 11.8 Å². The van der Waals surface area contributed by atoms with Crippen molar-refractivity contribution in [1.29, 1.82) is 0 Å². The summed E-state index contributed by atoms with van der Waals surface area (Å²) in [4.78, 5) is 0. The summed E-state index contributed by atoms with van der Waals surface area (Å²) in [6, 6.07) is 0. The van der Waals surface area contributed by atoms with E-state index in [4.69, 9.17) is 4.74 Å². The third-order valence-corrected chi connectivity index (χ3v) is 5.93. The molecule has 0 aromatic rings. The van der Waals surface area contributed by atoms with E-state index >= 15 is 0 Å². The minimum atomic E-state index is -0.0329. The minimum absolute atomic E-state index is 0.0329. The molecule has 21 heavy (non-hydrogen) atoms. The second-order valence-electron chi connectivity index (χ2n) is 7.08. The fourth-order valence-corrected chi connectivity index (χ4v) is 4.64. The SMILES string of the molecule is CCNC1(CO)CCCC1CCOC1CCCCC1CC. The molecule has 0 aromatic heterocycles. The second-order valence-corrected chi connectivity index (χ2v) is 7.08. The molecule has 2 aliphatic carbocycles. The zero-order valence-electron chi connectivity index (χ0n) is 14.1. The van der Waals surface area contributed by atoms with E-state index in [0.29, 0.717) is 12.0 Å². The van der Waals surface area contributed by atoms with Gasteiger partial charge in [0.15, 0.2) is 0 Å². The molecule has 0 radical (unpaired) electrons. The van der Waals surface area contributed by atoms with Crippen LogP contribution in [-0.2, 0) is 4.74 Å². The lowest BCUT2D eigenvalue weighted by molar-refractivity contribution is -0.0224. The Bertz CT molecular complexity index is 297. The molecule has 0 aromatic carbocycles. The zero-order chi connectivity index (χ0) is 15.1. The Balaban J connectivity index is 1.79. The first-order valence-electron chi connectivity index (χ1n) is 9.23. The Morgan fingerprint density at radius 3 is 2.67 bits per heavy atom. The summed E-state index contributed by atoms with van der Waals surface area (Å²) in [5.41, 5.74) is -0.0329. The summed E-state index contributed by atoms with van der Waals surface area (Å²) in [5.74, 6) is 1.35. The van der Waals surface area contributed by atoms with Gasteiger partial charge < -0.3 is 15.2 Å². The number of hydrogen-bond acceptors (Lipinski definition) is 3. The minimum Gasteiger partial charge on any atom is -0.394 e. The fraction of sp³-hybridized carbons (Fsp3) is 1.00. The average molecular weight is 297 g/mol. The van der Waals surface area contributed by atoms with Crippen molar-refractivity contribution in [1.82, 2.24) is 5.32 Å². The van der Waals surface area contributed by atoms with Gasteiger partial charge in [-0.3, -0.25) is 0 Å². The molecule has 124 valence electrons. The van der Waals surface area contributed by atoms with E-state index in [1.54, 1.807) is 0 Å². The summed E-state index contributed by atoms with van der Waals surface area (Å²) in [5, 5.41) is 13.4. The lowest BCUT2D eigenvalue weighted by atomic mass is 9.84. The highest BCUT2D eigenvalue weighted by molar-refractivity contribution is 4.98. The third-order valence-electron chi connectivity index (χ3n) is 5.93. The van der Waals surface area contributed by atoms with Crippen LogP contribution in [0.4, 0.5) is 0 Å². The normalized spacial score (nSPS) is 37.0. The maximum Gasteiger partial charge on any atom is 0.0616 e. The van der Waals surface area contributed by atoms with Crippen molar-refractivity contribution in [3.63, 3.8) is 0 Å². The first-order chi connectivity index (χ1) is 10.3. The third kappa shape index (κ3) is 4.20. The Kier molecular flexibility index (Phi) is 6.97. The van der Waals surface area contributed by atoms with Crippen LogP contribution in [0, 0.1) is 11.8 Å². The first kappa shape index (κ1) is 17.2. The number of aliphatic hydroxyl groups excluding tert-OH is 1. The van der Waals surface area contributed by atoms with Crippen molar-refractivity contribution < 1.29 is 9.84 Å². The van der Waals surface area contributed by atoms with Crippen LogP contribution in [0.15, 0.2) is 0 Å². The molecule has 0 bridgehead atoms. The van der Waals surface area contributed by atoms with Crippen molar-refractivity contribution in [3.05, 3.63) is 0 Å². The van der Waals surface area contributed by atoms with Crippen molar-refractivity contribution in [2.75, 3.05) is 19.8 Å². The van der Waals surface area contributed by atoms with Crippen LogP contribution < -0.4 is 5.32 Å². The number of ether oxygens (including phenoxy) is 1. The van der Waals surface area contributed by atoms with E-state index in [0.717, 1.165) is 31.9 Å². The molecule has 4 atom stereocenters.